The molecule has 7 heteroatoms. The van der Waals surface area contributed by atoms with Gasteiger partial charge in [-0.15, -0.1) is 0 Å². The molecule has 26 heavy (non-hydrogen) atoms. The predicted octanol–water partition coefficient (Wildman–Crippen LogP) is 2.54. The van der Waals surface area contributed by atoms with E-state index in [1.165, 1.54) is 0 Å². The van der Waals surface area contributed by atoms with Crippen molar-refractivity contribution in [3.63, 3.8) is 0 Å². The van der Waals surface area contributed by atoms with E-state index in [1.54, 1.807) is 6.26 Å². The van der Waals surface area contributed by atoms with Gasteiger partial charge in [-0.05, 0) is 44.0 Å². The van der Waals surface area contributed by atoms with E-state index in [4.69, 9.17) is 4.42 Å². The molecule has 0 radical (unpaired) electrons. The van der Waals surface area contributed by atoms with Gasteiger partial charge in [-0.25, -0.2) is 18.1 Å². The zero-order chi connectivity index (χ0) is 18.6. The highest BCUT2D eigenvalue weighted by atomic mass is 32.2. The molecule has 0 amide bonds. The van der Waals surface area contributed by atoms with Crippen LogP contribution in [-0.4, -0.2) is 38.8 Å². The molecule has 1 aromatic carbocycles. The maximum Gasteiger partial charge on any atom is 0.226 e. The number of nitrogens with one attached hydrogen (secondary N) is 2. The van der Waals surface area contributed by atoms with Gasteiger partial charge in [-0.2, -0.15) is 0 Å². The standard InChI is InChI=1S/C19H27N3O3S/c1-19(2,14-21-26(23,24)13-15-8-10-20-11-9-15)17-12-25-18(22-17)16-6-4-3-5-7-16/h3-7,12,15,20-21H,8-11,13-14H2,1-2H3. The minimum atomic E-state index is -3.30. The summed E-state index contributed by atoms with van der Waals surface area (Å²) < 4.78 is 33.2. The smallest absolute Gasteiger partial charge is 0.226 e. The van der Waals surface area contributed by atoms with Crippen molar-refractivity contribution in [1.29, 1.82) is 0 Å². The van der Waals surface area contributed by atoms with Gasteiger partial charge in [0.15, 0.2) is 0 Å². The van der Waals surface area contributed by atoms with Crippen molar-refractivity contribution in [3.8, 4) is 11.5 Å². The van der Waals surface area contributed by atoms with Gasteiger partial charge in [-0.1, -0.05) is 32.0 Å². The largest absolute Gasteiger partial charge is 0.444 e. The topological polar surface area (TPSA) is 84.2 Å². The number of oxazole rings is 1. The SMILES string of the molecule is CC(C)(CNS(=O)(=O)CC1CCNCC1)c1coc(-c2ccccc2)n1. The van der Waals surface area contributed by atoms with Gasteiger partial charge < -0.3 is 9.73 Å². The molecule has 0 atom stereocenters. The number of benzene rings is 1. The average Bonchev–Trinajstić information content (AvgIpc) is 3.13. The molecular weight excluding hydrogens is 350 g/mol. The zero-order valence-corrected chi connectivity index (χ0v) is 16.2. The summed E-state index contributed by atoms with van der Waals surface area (Å²) in [5, 5.41) is 3.26. The van der Waals surface area contributed by atoms with Crippen LogP contribution < -0.4 is 10.0 Å². The lowest BCUT2D eigenvalue weighted by Crippen LogP contribution is -2.40. The first-order valence-electron chi connectivity index (χ1n) is 9.05. The summed E-state index contributed by atoms with van der Waals surface area (Å²) in [6.07, 6.45) is 3.44. The predicted molar refractivity (Wildman–Crippen MR) is 102 cm³/mol. The number of aromatic nitrogens is 1. The van der Waals surface area contributed by atoms with Crippen molar-refractivity contribution in [2.45, 2.75) is 32.1 Å². The van der Waals surface area contributed by atoms with Crippen molar-refractivity contribution in [2.24, 2.45) is 5.92 Å². The molecule has 2 aromatic rings. The van der Waals surface area contributed by atoms with E-state index in [2.05, 4.69) is 15.0 Å². The quantitative estimate of drug-likeness (QED) is 0.775. The highest BCUT2D eigenvalue weighted by Gasteiger charge is 2.28. The van der Waals surface area contributed by atoms with Crippen molar-refractivity contribution in [2.75, 3.05) is 25.4 Å². The lowest BCUT2D eigenvalue weighted by Gasteiger charge is -2.25. The number of hydrogen-bond acceptors (Lipinski definition) is 5. The van der Waals surface area contributed by atoms with Crippen LogP contribution in [0.25, 0.3) is 11.5 Å². The Morgan fingerprint density at radius 3 is 2.62 bits per heavy atom. The minimum Gasteiger partial charge on any atom is -0.444 e. The van der Waals surface area contributed by atoms with E-state index in [0.29, 0.717) is 12.4 Å². The van der Waals surface area contributed by atoms with E-state index in [0.717, 1.165) is 37.2 Å². The van der Waals surface area contributed by atoms with Crippen molar-refractivity contribution in [1.82, 2.24) is 15.0 Å². The molecule has 2 N–H and O–H groups in total. The van der Waals surface area contributed by atoms with Crippen LogP contribution in [0.2, 0.25) is 0 Å². The molecule has 2 heterocycles. The maximum absolute atomic E-state index is 12.4. The highest BCUT2D eigenvalue weighted by Crippen LogP contribution is 2.26. The molecule has 1 fully saturated rings. The Balaban J connectivity index is 1.62. The summed E-state index contributed by atoms with van der Waals surface area (Å²) in [6.45, 7) is 6.01. The van der Waals surface area contributed by atoms with Crippen molar-refractivity contribution < 1.29 is 12.8 Å². The molecule has 142 valence electrons. The number of nitrogens with zero attached hydrogens (tertiary/aromatic N) is 1. The number of rotatable bonds is 7. The Hall–Kier alpha value is -1.70. The number of sulfonamides is 1. The van der Waals surface area contributed by atoms with Crippen LogP contribution >= 0.6 is 0 Å². The van der Waals surface area contributed by atoms with Crippen LogP contribution in [0.15, 0.2) is 41.0 Å². The van der Waals surface area contributed by atoms with Gasteiger partial charge in [0.2, 0.25) is 15.9 Å². The molecule has 1 aliphatic heterocycles. The third kappa shape index (κ3) is 4.93. The molecule has 1 aliphatic rings. The van der Waals surface area contributed by atoms with Crippen LogP contribution in [0, 0.1) is 5.92 Å². The van der Waals surface area contributed by atoms with Crippen LogP contribution in [-0.2, 0) is 15.4 Å². The average molecular weight is 378 g/mol. The third-order valence-electron chi connectivity index (χ3n) is 4.87. The second-order valence-corrected chi connectivity index (χ2v) is 9.44. The van der Waals surface area contributed by atoms with Crippen LogP contribution in [0.1, 0.15) is 32.4 Å². The summed E-state index contributed by atoms with van der Waals surface area (Å²) in [6, 6.07) is 9.67. The van der Waals surface area contributed by atoms with E-state index in [9.17, 15) is 8.42 Å². The molecule has 6 nitrogen and oxygen atoms in total. The molecule has 1 aromatic heterocycles. The van der Waals surface area contributed by atoms with Gasteiger partial charge in [0, 0.05) is 17.5 Å². The lowest BCUT2D eigenvalue weighted by molar-refractivity contribution is 0.398. The second-order valence-electron chi connectivity index (χ2n) is 7.58. The fraction of sp³-hybridized carbons (Fsp3) is 0.526. The molecule has 0 bridgehead atoms. The van der Waals surface area contributed by atoms with Gasteiger partial charge in [0.05, 0.1) is 11.4 Å². The number of hydrogen-bond donors (Lipinski definition) is 2. The molecule has 3 rings (SSSR count). The van der Waals surface area contributed by atoms with E-state index in [1.807, 2.05) is 44.2 Å². The first-order valence-corrected chi connectivity index (χ1v) is 10.7. The summed E-state index contributed by atoms with van der Waals surface area (Å²) in [7, 11) is -3.30. The Labute approximate surface area is 155 Å². The normalized spacial score (nSPS) is 16.7. The Bertz CT molecular complexity index is 810. The van der Waals surface area contributed by atoms with Gasteiger partial charge in [0.25, 0.3) is 0 Å². The van der Waals surface area contributed by atoms with Crippen LogP contribution in [0.4, 0.5) is 0 Å². The summed E-state index contributed by atoms with van der Waals surface area (Å²) >= 11 is 0. The Morgan fingerprint density at radius 1 is 1.23 bits per heavy atom. The van der Waals surface area contributed by atoms with Crippen LogP contribution in [0.3, 0.4) is 0 Å². The highest BCUT2D eigenvalue weighted by molar-refractivity contribution is 7.89. The van der Waals surface area contributed by atoms with Gasteiger partial charge >= 0.3 is 0 Å². The van der Waals surface area contributed by atoms with E-state index in [-0.39, 0.29) is 11.7 Å². The molecule has 1 saturated heterocycles. The second kappa shape index (κ2) is 7.90. The Morgan fingerprint density at radius 2 is 1.92 bits per heavy atom. The first-order chi connectivity index (χ1) is 12.4. The first kappa shape index (κ1) is 19.1. The van der Waals surface area contributed by atoms with Gasteiger partial charge in [0.1, 0.15) is 6.26 Å². The van der Waals surface area contributed by atoms with Crippen LogP contribution in [0.5, 0.6) is 0 Å². The summed E-state index contributed by atoms with van der Waals surface area (Å²) in [5.41, 5.74) is 1.18. The monoisotopic (exact) mass is 377 g/mol. The van der Waals surface area contributed by atoms with E-state index >= 15 is 0 Å². The summed E-state index contributed by atoms with van der Waals surface area (Å²) in [5.74, 6) is 0.971. The van der Waals surface area contributed by atoms with Crippen molar-refractivity contribution >= 4 is 10.0 Å². The Kier molecular flexibility index (Phi) is 5.79. The third-order valence-corrected chi connectivity index (χ3v) is 6.36. The summed E-state index contributed by atoms with van der Waals surface area (Å²) in [4.78, 5) is 4.56. The molecule has 0 saturated carbocycles. The fourth-order valence-electron chi connectivity index (χ4n) is 3.10. The van der Waals surface area contributed by atoms with E-state index < -0.39 is 15.4 Å². The fourth-order valence-corrected chi connectivity index (χ4v) is 4.75. The minimum absolute atomic E-state index is 0.193. The number of piperidine rings is 1. The maximum atomic E-state index is 12.4. The van der Waals surface area contributed by atoms with Gasteiger partial charge in [-0.3, -0.25) is 0 Å². The molecular formula is C19H27N3O3S. The molecule has 0 unspecified atom stereocenters. The molecule has 0 aliphatic carbocycles. The van der Waals surface area contributed by atoms with Crippen molar-refractivity contribution in [3.05, 3.63) is 42.3 Å². The zero-order valence-electron chi connectivity index (χ0n) is 15.4. The molecule has 0 spiro atoms. The lowest BCUT2D eigenvalue weighted by atomic mass is 9.90.